The molecule has 2 saturated heterocycles. The molecule has 0 spiro atoms. The van der Waals surface area contributed by atoms with Crippen molar-refractivity contribution in [3.63, 3.8) is 0 Å². The number of hydrogen-bond donors (Lipinski definition) is 4. The van der Waals surface area contributed by atoms with Gasteiger partial charge in [-0.05, 0) is 87.1 Å². The lowest BCUT2D eigenvalue weighted by Crippen LogP contribution is -2.45. The highest BCUT2D eigenvalue weighted by molar-refractivity contribution is 5.88. The Morgan fingerprint density at radius 1 is 0.691 bits per heavy atom. The maximum Gasteiger partial charge on any atom is 0.259 e. The highest BCUT2D eigenvalue weighted by atomic mass is 16.4. The van der Waals surface area contributed by atoms with E-state index in [0.717, 1.165) is 58.9 Å². The summed E-state index contributed by atoms with van der Waals surface area (Å²) in [7, 11) is 0. The molecule has 2 aliphatic rings. The molecule has 12 nitrogen and oxygen atoms in total. The zero-order valence-corrected chi connectivity index (χ0v) is 30.6. The first-order valence-electron chi connectivity index (χ1n) is 18.7. The number of aromatic amines is 2. The number of imidazole rings is 2. The quantitative estimate of drug-likeness (QED) is 0.131. The number of carbonyl (C=O) groups excluding carboxylic acids is 2. The molecule has 12 heteroatoms. The van der Waals surface area contributed by atoms with Gasteiger partial charge in [0.05, 0.1) is 40.3 Å². The van der Waals surface area contributed by atoms with Crippen LogP contribution in [-0.4, -0.2) is 69.8 Å². The molecule has 3 aromatic heterocycles. The average molecular weight is 736 g/mol. The van der Waals surface area contributed by atoms with E-state index in [9.17, 15) is 19.8 Å². The fourth-order valence-corrected chi connectivity index (χ4v) is 8.12. The molecule has 7 aromatic rings. The summed E-state index contributed by atoms with van der Waals surface area (Å²) in [6.45, 7) is 4.18. The second-order valence-electron chi connectivity index (χ2n) is 14.9. The predicted molar refractivity (Wildman–Crippen MR) is 206 cm³/mol. The zero-order chi connectivity index (χ0) is 37.9. The lowest BCUT2D eigenvalue weighted by Gasteiger charge is -2.31. The van der Waals surface area contributed by atoms with Crippen molar-refractivity contribution in [1.29, 1.82) is 0 Å². The molecule has 0 bridgehead atoms. The fourth-order valence-electron chi connectivity index (χ4n) is 8.12. The maximum absolute atomic E-state index is 13.7. The van der Waals surface area contributed by atoms with Gasteiger partial charge in [-0.2, -0.15) is 0 Å². The summed E-state index contributed by atoms with van der Waals surface area (Å²) >= 11 is 0. The van der Waals surface area contributed by atoms with Crippen molar-refractivity contribution in [2.75, 3.05) is 13.1 Å². The van der Waals surface area contributed by atoms with Crippen molar-refractivity contribution in [2.24, 2.45) is 0 Å². The van der Waals surface area contributed by atoms with Gasteiger partial charge in [0.25, 0.3) is 11.8 Å². The van der Waals surface area contributed by atoms with Crippen LogP contribution in [-0.2, 0) is 20.8 Å². The highest BCUT2D eigenvalue weighted by Gasteiger charge is 2.43. The number of nitrogens with one attached hydrogen (secondary N) is 2. The first-order valence-corrected chi connectivity index (χ1v) is 18.7. The average Bonchev–Trinajstić information content (AvgIpc) is 4.06. The van der Waals surface area contributed by atoms with Crippen LogP contribution in [0.5, 0.6) is 0 Å². The number of amides is 2. The fraction of sp³-hybridized carbons (Fsp3) is 0.279. The van der Waals surface area contributed by atoms with Crippen molar-refractivity contribution in [1.82, 2.24) is 34.7 Å². The van der Waals surface area contributed by atoms with Crippen LogP contribution in [0.15, 0.2) is 108 Å². The van der Waals surface area contributed by atoms with E-state index in [4.69, 9.17) is 14.4 Å². The number of aliphatic hydroxyl groups is 2. The van der Waals surface area contributed by atoms with Gasteiger partial charge in [-0.1, -0.05) is 60.7 Å². The van der Waals surface area contributed by atoms with Crippen LogP contribution in [0.4, 0.5) is 0 Å². The molecule has 4 aromatic carbocycles. The second-order valence-corrected chi connectivity index (χ2v) is 14.9. The number of benzene rings is 4. The summed E-state index contributed by atoms with van der Waals surface area (Å²) < 4.78 is 6.28. The number of oxazole rings is 1. The standard InChI is InChI=1S/C43H41N7O5/c1-42(53,28-11-5-3-6-12-28)40(51)49-21-9-15-34(49)37-45-30-19-17-26(23-32(30)47-37)36-25-44-39(55-36)27-18-20-31-33(24-27)48-38(46-31)35-16-10-22-50(35)41(52)43(2,54)29-13-7-4-8-14-29/h3-8,11-14,17-20,23-25,34-35,53-54H,9-10,15-16,21-22H2,1-2H3,(H,45,47)(H,46,48)/t34-,35-,42-,43-/m0/s1. The lowest BCUT2D eigenvalue weighted by atomic mass is 9.94. The number of aromatic nitrogens is 5. The molecular formula is C43H41N7O5. The van der Waals surface area contributed by atoms with Crippen molar-refractivity contribution in [3.8, 4) is 22.8 Å². The minimum atomic E-state index is -1.65. The third-order valence-corrected chi connectivity index (χ3v) is 11.2. The highest BCUT2D eigenvalue weighted by Crippen LogP contribution is 2.38. The zero-order valence-electron chi connectivity index (χ0n) is 30.6. The monoisotopic (exact) mass is 735 g/mol. The van der Waals surface area contributed by atoms with Crippen LogP contribution in [0.3, 0.4) is 0 Å². The molecule has 4 atom stereocenters. The molecule has 2 fully saturated rings. The van der Waals surface area contributed by atoms with E-state index in [1.54, 1.807) is 54.1 Å². The molecule has 0 aliphatic carbocycles. The minimum Gasteiger partial charge on any atom is -0.436 e. The van der Waals surface area contributed by atoms with Crippen molar-refractivity contribution in [3.05, 3.63) is 126 Å². The summed E-state index contributed by atoms with van der Waals surface area (Å²) in [5.74, 6) is 1.69. The maximum atomic E-state index is 13.7. The van der Waals surface area contributed by atoms with Gasteiger partial charge in [0.15, 0.2) is 17.0 Å². The number of H-pyrrole nitrogens is 2. The largest absolute Gasteiger partial charge is 0.436 e. The molecule has 2 amide bonds. The second kappa shape index (κ2) is 13.3. The molecule has 0 radical (unpaired) electrons. The van der Waals surface area contributed by atoms with Gasteiger partial charge in [-0.25, -0.2) is 15.0 Å². The Balaban J connectivity index is 0.933. The first-order chi connectivity index (χ1) is 26.6. The van der Waals surface area contributed by atoms with Gasteiger partial charge in [0.2, 0.25) is 5.89 Å². The summed E-state index contributed by atoms with van der Waals surface area (Å²) in [5, 5.41) is 22.6. The van der Waals surface area contributed by atoms with Crippen LogP contribution < -0.4 is 0 Å². The van der Waals surface area contributed by atoms with E-state index < -0.39 is 11.2 Å². The van der Waals surface area contributed by atoms with Crippen molar-refractivity contribution in [2.45, 2.75) is 62.8 Å². The van der Waals surface area contributed by atoms with Crippen LogP contribution in [0, 0.1) is 0 Å². The van der Waals surface area contributed by atoms with E-state index in [-0.39, 0.29) is 23.9 Å². The van der Waals surface area contributed by atoms with Gasteiger partial charge < -0.3 is 34.4 Å². The molecule has 278 valence electrons. The molecule has 4 N–H and O–H groups in total. The smallest absolute Gasteiger partial charge is 0.259 e. The van der Waals surface area contributed by atoms with Crippen LogP contribution >= 0.6 is 0 Å². The van der Waals surface area contributed by atoms with Gasteiger partial charge in [0.1, 0.15) is 11.6 Å². The Hall–Kier alpha value is -6.11. The van der Waals surface area contributed by atoms with Gasteiger partial charge in [-0.3, -0.25) is 9.59 Å². The van der Waals surface area contributed by atoms with E-state index in [2.05, 4.69) is 15.0 Å². The van der Waals surface area contributed by atoms with Crippen LogP contribution in [0.2, 0.25) is 0 Å². The Morgan fingerprint density at radius 2 is 1.24 bits per heavy atom. The predicted octanol–water partition coefficient (Wildman–Crippen LogP) is 6.90. The third-order valence-electron chi connectivity index (χ3n) is 11.2. The lowest BCUT2D eigenvalue weighted by molar-refractivity contribution is -0.152. The van der Waals surface area contributed by atoms with E-state index >= 15 is 0 Å². The minimum absolute atomic E-state index is 0.283. The first kappa shape index (κ1) is 34.6. The summed E-state index contributed by atoms with van der Waals surface area (Å²) in [4.78, 5) is 52.0. The van der Waals surface area contributed by atoms with E-state index in [1.807, 2.05) is 72.8 Å². The third kappa shape index (κ3) is 6.07. The molecule has 55 heavy (non-hydrogen) atoms. The summed E-state index contributed by atoms with van der Waals surface area (Å²) in [5.41, 5.74) is 2.48. The Kier molecular flexibility index (Phi) is 8.39. The normalized spacial score (nSPS) is 19.6. The Bertz CT molecular complexity index is 2360. The number of nitrogens with zero attached hydrogens (tertiary/aromatic N) is 5. The number of carbonyl (C=O) groups is 2. The summed E-state index contributed by atoms with van der Waals surface area (Å²) in [6.07, 6.45) is 4.79. The van der Waals surface area contributed by atoms with Crippen LogP contribution in [0.25, 0.3) is 44.8 Å². The molecule has 0 saturated carbocycles. The van der Waals surface area contributed by atoms with Crippen LogP contribution in [0.1, 0.15) is 74.4 Å². The molecule has 2 aliphatic heterocycles. The van der Waals surface area contributed by atoms with Crippen molar-refractivity contribution >= 4 is 33.9 Å². The molecular weight excluding hydrogens is 695 g/mol. The number of hydrogen-bond acceptors (Lipinski definition) is 8. The van der Waals surface area contributed by atoms with E-state index in [1.165, 1.54) is 0 Å². The molecule has 5 heterocycles. The molecule has 9 rings (SSSR count). The van der Waals surface area contributed by atoms with Gasteiger partial charge >= 0.3 is 0 Å². The molecule has 0 unspecified atom stereocenters. The van der Waals surface area contributed by atoms with E-state index in [0.29, 0.717) is 47.5 Å². The summed E-state index contributed by atoms with van der Waals surface area (Å²) in [6, 6.07) is 29.1. The van der Waals surface area contributed by atoms with Gasteiger partial charge in [0, 0.05) is 24.2 Å². The number of rotatable bonds is 8. The topological polar surface area (TPSA) is 164 Å². The SMILES string of the molecule is C[C@@](O)(C(=O)N1CCC[C@H]1c1nc2cc(-c3cnc(-c4ccc5nc([C@@H]6CCCN6C(=O)[C@@](C)(O)c6ccccc6)[nH]c5c4)o3)ccc2[nH]1)c1ccccc1. The number of fused-ring (bicyclic) bond motifs is 2. The Labute approximate surface area is 316 Å². The van der Waals surface area contributed by atoms with Crippen molar-refractivity contribution < 1.29 is 24.2 Å². The van der Waals surface area contributed by atoms with Gasteiger partial charge in [-0.15, -0.1) is 0 Å². The number of likely N-dealkylation sites (tertiary alicyclic amines) is 2. The Morgan fingerprint density at radius 3 is 1.84 bits per heavy atom.